The molecule has 0 atom stereocenters. The monoisotopic (exact) mass is 279 g/mol. The van der Waals surface area contributed by atoms with Gasteiger partial charge in [0.1, 0.15) is 17.3 Å². The first kappa shape index (κ1) is 14.4. The van der Waals surface area contributed by atoms with Gasteiger partial charge in [-0.15, -0.1) is 5.10 Å². The van der Waals surface area contributed by atoms with Gasteiger partial charge in [0.15, 0.2) is 5.82 Å². The fourth-order valence-electron chi connectivity index (χ4n) is 1.63. The molecule has 1 aromatic heterocycles. The molecule has 0 saturated heterocycles. The molecule has 1 N–H and O–H groups in total. The van der Waals surface area contributed by atoms with Gasteiger partial charge in [-0.2, -0.15) is 4.68 Å². The van der Waals surface area contributed by atoms with Crippen LogP contribution in [0.15, 0.2) is 18.2 Å². The van der Waals surface area contributed by atoms with E-state index in [4.69, 9.17) is 4.74 Å². The number of ether oxygens (including phenoxy) is 1. The first-order valence-corrected chi connectivity index (χ1v) is 6.27. The van der Waals surface area contributed by atoms with E-state index < -0.39 is 5.82 Å². The Hall–Kier alpha value is -2.02. The summed E-state index contributed by atoms with van der Waals surface area (Å²) in [4.78, 5) is 0. The number of aromatic nitrogens is 4. The number of nitrogens with zero attached hydrogens (tertiary/aromatic N) is 4. The summed E-state index contributed by atoms with van der Waals surface area (Å²) < 4.78 is 20.4. The maximum Gasteiger partial charge on any atom is 0.170 e. The summed E-state index contributed by atoms with van der Waals surface area (Å²) in [6.45, 7) is 6.54. The largest absolute Gasteiger partial charge is 0.497 e. The topological polar surface area (TPSA) is 64.9 Å². The van der Waals surface area contributed by atoms with E-state index in [1.54, 1.807) is 12.1 Å². The van der Waals surface area contributed by atoms with Crippen molar-refractivity contribution >= 4 is 0 Å². The smallest absolute Gasteiger partial charge is 0.170 e. The van der Waals surface area contributed by atoms with Gasteiger partial charge in [-0.05, 0) is 43.3 Å². The molecular formula is C13H18FN5O. The van der Waals surface area contributed by atoms with Crippen molar-refractivity contribution in [2.45, 2.75) is 32.9 Å². The summed E-state index contributed by atoms with van der Waals surface area (Å²) in [6.07, 6.45) is 0. The van der Waals surface area contributed by atoms with Crippen LogP contribution in [0, 0.1) is 5.82 Å². The summed E-state index contributed by atoms with van der Waals surface area (Å²) in [5.41, 5.74) is 0.184. The van der Waals surface area contributed by atoms with Crippen LogP contribution in [-0.4, -0.2) is 32.9 Å². The van der Waals surface area contributed by atoms with Crippen molar-refractivity contribution in [3.63, 3.8) is 0 Å². The Kier molecular flexibility index (Phi) is 3.99. The molecule has 0 aliphatic carbocycles. The van der Waals surface area contributed by atoms with Gasteiger partial charge in [0.05, 0.1) is 13.7 Å². The van der Waals surface area contributed by atoms with Gasteiger partial charge >= 0.3 is 0 Å². The fraction of sp³-hybridized carbons (Fsp3) is 0.462. The highest BCUT2D eigenvalue weighted by Gasteiger charge is 2.16. The molecule has 1 aromatic carbocycles. The first-order chi connectivity index (χ1) is 9.40. The quantitative estimate of drug-likeness (QED) is 0.922. The number of methoxy groups -OCH3 is 1. The van der Waals surface area contributed by atoms with Gasteiger partial charge < -0.3 is 10.1 Å². The zero-order valence-electron chi connectivity index (χ0n) is 12.0. The van der Waals surface area contributed by atoms with E-state index in [0.717, 1.165) is 0 Å². The van der Waals surface area contributed by atoms with Gasteiger partial charge in [0, 0.05) is 11.6 Å². The second-order valence-electron chi connectivity index (χ2n) is 5.43. The average Bonchev–Trinajstić information content (AvgIpc) is 2.84. The Balaban J connectivity index is 2.32. The van der Waals surface area contributed by atoms with Crippen molar-refractivity contribution in [1.29, 1.82) is 0 Å². The Morgan fingerprint density at radius 2 is 2.10 bits per heavy atom. The van der Waals surface area contributed by atoms with Crippen LogP contribution >= 0.6 is 0 Å². The number of hydrogen-bond donors (Lipinski definition) is 1. The van der Waals surface area contributed by atoms with Crippen LogP contribution in [0.3, 0.4) is 0 Å². The van der Waals surface area contributed by atoms with Crippen molar-refractivity contribution in [2.75, 3.05) is 7.11 Å². The van der Waals surface area contributed by atoms with E-state index in [0.29, 0.717) is 18.1 Å². The van der Waals surface area contributed by atoms with Crippen molar-refractivity contribution < 1.29 is 9.13 Å². The molecule has 0 aliphatic rings. The SMILES string of the molecule is COc1ccc(F)c(-n2nnnc2CNC(C)(C)C)c1. The Morgan fingerprint density at radius 1 is 1.35 bits per heavy atom. The van der Waals surface area contributed by atoms with Crippen molar-refractivity contribution in [1.82, 2.24) is 25.5 Å². The van der Waals surface area contributed by atoms with Crippen LogP contribution in [0.25, 0.3) is 5.69 Å². The second kappa shape index (κ2) is 5.54. The molecule has 2 aromatic rings. The summed E-state index contributed by atoms with van der Waals surface area (Å²) in [5.74, 6) is 0.675. The Labute approximate surface area is 116 Å². The van der Waals surface area contributed by atoms with Crippen molar-refractivity contribution in [3.8, 4) is 11.4 Å². The lowest BCUT2D eigenvalue weighted by Crippen LogP contribution is -2.36. The standard InChI is InChI=1S/C13H18FN5O/c1-13(2,3)15-8-12-16-17-18-19(12)11-7-9(20-4)5-6-10(11)14/h5-7,15H,8H2,1-4H3. The summed E-state index contributed by atoms with van der Waals surface area (Å²) >= 11 is 0. The maximum atomic E-state index is 13.9. The molecule has 0 fully saturated rings. The van der Waals surface area contributed by atoms with Crippen LogP contribution in [0.1, 0.15) is 26.6 Å². The lowest BCUT2D eigenvalue weighted by molar-refractivity contribution is 0.410. The molecule has 0 amide bonds. The van der Waals surface area contributed by atoms with E-state index in [1.807, 2.05) is 20.8 Å². The number of tetrazole rings is 1. The van der Waals surface area contributed by atoms with E-state index >= 15 is 0 Å². The number of nitrogens with one attached hydrogen (secondary N) is 1. The number of rotatable bonds is 4. The predicted octanol–water partition coefficient (Wildman–Crippen LogP) is 1.70. The van der Waals surface area contributed by atoms with E-state index in [9.17, 15) is 4.39 Å². The average molecular weight is 279 g/mol. The van der Waals surface area contributed by atoms with Crippen LogP contribution < -0.4 is 10.1 Å². The Bertz CT molecular complexity index is 591. The molecule has 0 bridgehead atoms. The second-order valence-corrected chi connectivity index (χ2v) is 5.43. The van der Waals surface area contributed by atoms with Gasteiger partial charge in [-0.1, -0.05) is 0 Å². The normalized spacial score (nSPS) is 11.7. The van der Waals surface area contributed by atoms with Gasteiger partial charge in [-0.3, -0.25) is 0 Å². The number of halogens is 1. The van der Waals surface area contributed by atoms with E-state index in [2.05, 4.69) is 20.8 Å². The van der Waals surface area contributed by atoms with Crippen molar-refractivity contribution in [2.24, 2.45) is 0 Å². The van der Waals surface area contributed by atoms with Crippen molar-refractivity contribution in [3.05, 3.63) is 29.8 Å². The number of hydrogen-bond acceptors (Lipinski definition) is 5. The van der Waals surface area contributed by atoms with Crippen LogP contribution in [0.4, 0.5) is 4.39 Å². The minimum atomic E-state index is -0.407. The molecule has 2 rings (SSSR count). The molecular weight excluding hydrogens is 261 g/mol. The lowest BCUT2D eigenvalue weighted by atomic mass is 10.1. The van der Waals surface area contributed by atoms with Gasteiger partial charge in [0.25, 0.3) is 0 Å². The molecule has 1 heterocycles. The van der Waals surface area contributed by atoms with Gasteiger partial charge in [0.2, 0.25) is 0 Å². The highest BCUT2D eigenvalue weighted by atomic mass is 19.1. The van der Waals surface area contributed by atoms with Gasteiger partial charge in [-0.25, -0.2) is 4.39 Å². The maximum absolute atomic E-state index is 13.9. The minimum absolute atomic E-state index is 0.0797. The van der Waals surface area contributed by atoms with E-state index in [-0.39, 0.29) is 11.2 Å². The molecule has 0 radical (unpaired) electrons. The Morgan fingerprint density at radius 3 is 2.75 bits per heavy atom. The van der Waals surface area contributed by atoms with Crippen LogP contribution in [0.2, 0.25) is 0 Å². The molecule has 0 spiro atoms. The third-order valence-electron chi connectivity index (χ3n) is 2.69. The zero-order chi connectivity index (χ0) is 14.8. The third-order valence-corrected chi connectivity index (χ3v) is 2.69. The summed E-state index contributed by atoms with van der Waals surface area (Å²) in [5, 5.41) is 14.6. The molecule has 20 heavy (non-hydrogen) atoms. The van der Waals surface area contributed by atoms with Crippen LogP contribution in [-0.2, 0) is 6.54 Å². The molecule has 0 saturated carbocycles. The third kappa shape index (κ3) is 3.30. The van der Waals surface area contributed by atoms with Crippen LogP contribution in [0.5, 0.6) is 5.75 Å². The lowest BCUT2D eigenvalue weighted by Gasteiger charge is -2.20. The molecule has 108 valence electrons. The first-order valence-electron chi connectivity index (χ1n) is 6.27. The minimum Gasteiger partial charge on any atom is -0.497 e. The summed E-state index contributed by atoms with van der Waals surface area (Å²) in [7, 11) is 1.53. The predicted molar refractivity (Wildman–Crippen MR) is 72.3 cm³/mol. The highest BCUT2D eigenvalue weighted by molar-refractivity contribution is 5.40. The molecule has 7 heteroatoms. The number of benzene rings is 1. The zero-order valence-corrected chi connectivity index (χ0v) is 12.0. The highest BCUT2D eigenvalue weighted by Crippen LogP contribution is 2.20. The van der Waals surface area contributed by atoms with E-state index in [1.165, 1.54) is 17.9 Å². The summed E-state index contributed by atoms with van der Waals surface area (Å²) in [6, 6.07) is 4.44. The molecule has 6 nitrogen and oxygen atoms in total. The molecule has 0 unspecified atom stereocenters. The molecule has 0 aliphatic heterocycles. The fourth-order valence-corrected chi connectivity index (χ4v) is 1.63.